The van der Waals surface area contributed by atoms with Crippen LogP contribution in [0.25, 0.3) is 0 Å². The number of fused-ring (bicyclic) bond motifs is 1. The highest BCUT2D eigenvalue weighted by Gasteiger charge is 2.61. The van der Waals surface area contributed by atoms with Crippen molar-refractivity contribution in [3.63, 3.8) is 0 Å². The molecule has 0 radical (unpaired) electrons. The van der Waals surface area contributed by atoms with Crippen LogP contribution < -0.4 is 0 Å². The summed E-state index contributed by atoms with van der Waals surface area (Å²) < 4.78 is 6.67. The van der Waals surface area contributed by atoms with Crippen molar-refractivity contribution in [3.8, 4) is 0 Å². The number of benzene rings is 1. The van der Waals surface area contributed by atoms with Gasteiger partial charge in [0.2, 0.25) is 0 Å². The molecule has 3 aliphatic rings. The molecule has 4 heteroatoms. The molecular formula is C16H21BrClNO. The average Bonchev–Trinajstić information content (AvgIpc) is 3.03. The zero-order valence-electron chi connectivity index (χ0n) is 11.6. The fourth-order valence-electron chi connectivity index (χ4n) is 4.08. The molecule has 3 fully saturated rings. The van der Waals surface area contributed by atoms with E-state index in [0.717, 1.165) is 25.2 Å². The third-order valence-corrected chi connectivity index (χ3v) is 5.83. The lowest BCUT2D eigenvalue weighted by molar-refractivity contribution is 0.0378. The van der Waals surface area contributed by atoms with E-state index in [2.05, 4.69) is 45.1 Å². The second-order valence-electron chi connectivity index (χ2n) is 6.34. The maximum absolute atomic E-state index is 5.49. The highest BCUT2D eigenvalue weighted by atomic mass is 79.9. The zero-order valence-corrected chi connectivity index (χ0v) is 14.0. The molecule has 0 bridgehead atoms. The Hall–Kier alpha value is -0.0900. The van der Waals surface area contributed by atoms with E-state index in [1.54, 1.807) is 5.56 Å². The number of halogens is 2. The van der Waals surface area contributed by atoms with E-state index in [1.807, 2.05) is 0 Å². The molecule has 1 saturated carbocycles. The molecule has 2 saturated heterocycles. The Morgan fingerprint density at radius 3 is 2.55 bits per heavy atom. The van der Waals surface area contributed by atoms with E-state index in [0.29, 0.717) is 5.41 Å². The van der Waals surface area contributed by atoms with Crippen molar-refractivity contribution in [1.29, 1.82) is 0 Å². The lowest BCUT2D eigenvalue weighted by atomic mass is 9.95. The van der Waals surface area contributed by atoms with Crippen LogP contribution in [0, 0.1) is 5.92 Å². The molecule has 2 nitrogen and oxygen atoms in total. The molecule has 1 aliphatic carbocycles. The van der Waals surface area contributed by atoms with Gasteiger partial charge in [0.05, 0.1) is 0 Å². The minimum Gasteiger partial charge on any atom is -0.381 e. The quantitative estimate of drug-likeness (QED) is 0.800. The summed E-state index contributed by atoms with van der Waals surface area (Å²) in [5, 5.41) is 0. The summed E-state index contributed by atoms with van der Waals surface area (Å²) >= 11 is 3.54. The predicted molar refractivity (Wildman–Crippen MR) is 86.6 cm³/mol. The fraction of sp³-hybridized carbons (Fsp3) is 0.625. The standard InChI is InChI=1S/C16H20BrNO.ClH/c17-14-3-1-12(2-4-14)16-9-13(16)10-18(11-16)15-5-7-19-8-6-15;/h1-4,13,15H,5-11H2;1H/t13-,16+;/m1./s1. The van der Waals surface area contributed by atoms with Crippen molar-refractivity contribution in [2.24, 2.45) is 5.92 Å². The second kappa shape index (κ2) is 5.60. The summed E-state index contributed by atoms with van der Waals surface area (Å²) in [7, 11) is 0. The Balaban J connectivity index is 0.00000121. The van der Waals surface area contributed by atoms with Gasteiger partial charge in [0.1, 0.15) is 0 Å². The van der Waals surface area contributed by atoms with Crippen LogP contribution in [0.1, 0.15) is 24.8 Å². The highest BCUT2D eigenvalue weighted by molar-refractivity contribution is 9.10. The van der Waals surface area contributed by atoms with E-state index in [1.165, 1.54) is 36.8 Å². The summed E-state index contributed by atoms with van der Waals surface area (Å²) in [6, 6.07) is 9.79. The van der Waals surface area contributed by atoms with E-state index in [-0.39, 0.29) is 12.4 Å². The van der Waals surface area contributed by atoms with Gasteiger partial charge in [0, 0.05) is 42.2 Å². The van der Waals surface area contributed by atoms with Crippen LogP contribution in [0.5, 0.6) is 0 Å². The maximum atomic E-state index is 5.49. The van der Waals surface area contributed by atoms with Gasteiger partial charge in [-0.15, -0.1) is 12.4 Å². The average molecular weight is 359 g/mol. The first kappa shape index (κ1) is 14.8. The molecule has 4 rings (SSSR count). The number of ether oxygens (including phenoxy) is 1. The van der Waals surface area contributed by atoms with Crippen molar-refractivity contribution in [2.45, 2.75) is 30.7 Å². The van der Waals surface area contributed by atoms with E-state index < -0.39 is 0 Å². The van der Waals surface area contributed by atoms with Crippen LogP contribution in [-0.2, 0) is 10.2 Å². The molecular weight excluding hydrogens is 338 g/mol. The SMILES string of the molecule is Brc1ccc([C@@]23C[C@@H]2CN(C2CCOCC2)C3)cc1.Cl. The molecule has 0 N–H and O–H groups in total. The first-order chi connectivity index (χ1) is 9.28. The van der Waals surface area contributed by atoms with Crippen LogP contribution in [0.3, 0.4) is 0 Å². The predicted octanol–water partition coefficient (Wildman–Crippen LogP) is 3.62. The molecule has 110 valence electrons. The lowest BCUT2D eigenvalue weighted by Crippen LogP contribution is -2.40. The minimum absolute atomic E-state index is 0. The van der Waals surface area contributed by atoms with Crippen molar-refractivity contribution in [3.05, 3.63) is 34.3 Å². The highest BCUT2D eigenvalue weighted by Crippen LogP contribution is 2.59. The van der Waals surface area contributed by atoms with Gasteiger partial charge >= 0.3 is 0 Å². The van der Waals surface area contributed by atoms with Crippen molar-refractivity contribution in [1.82, 2.24) is 4.90 Å². The van der Waals surface area contributed by atoms with Crippen LogP contribution >= 0.6 is 28.3 Å². The molecule has 1 aromatic carbocycles. The lowest BCUT2D eigenvalue weighted by Gasteiger charge is -2.33. The largest absolute Gasteiger partial charge is 0.381 e. The number of nitrogens with zero attached hydrogens (tertiary/aromatic N) is 1. The molecule has 0 spiro atoms. The van der Waals surface area contributed by atoms with E-state index in [4.69, 9.17) is 4.74 Å². The van der Waals surface area contributed by atoms with Crippen LogP contribution in [0.15, 0.2) is 28.7 Å². The van der Waals surface area contributed by atoms with Gasteiger partial charge in [0.15, 0.2) is 0 Å². The van der Waals surface area contributed by atoms with Crippen molar-refractivity contribution in [2.75, 3.05) is 26.3 Å². The molecule has 0 unspecified atom stereocenters. The molecule has 0 amide bonds. The van der Waals surface area contributed by atoms with Gasteiger partial charge in [0.25, 0.3) is 0 Å². The van der Waals surface area contributed by atoms with E-state index in [9.17, 15) is 0 Å². The topological polar surface area (TPSA) is 12.5 Å². The number of rotatable bonds is 2. The molecule has 2 atom stereocenters. The Morgan fingerprint density at radius 2 is 1.85 bits per heavy atom. The number of piperidine rings is 1. The molecule has 2 aliphatic heterocycles. The van der Waals surface area contributed by atoms with Gasteiger partial charge in [-0.05, 0) is 42.9 Å². The zero-order chi connectivity index (χ0) is 12.9. The van der Waals surface area contributed by atoms with Crippen molar-refractivity contribution >= 4 is 28.3 Å². The van der Waals surface area contributed by atoms with Crippen molar-refractivity contribution < 1.29 is 4.74 Å². The normalized spacial score (nSPS) is 33.5. The molecule has 2 heterocycles. The third kappa shape index (κ3) is 2.43. The maximum Gasteiger partial charge on any atom is 0.0480 e. The summed E-state index contributed by atoms with van der Waals surface area (Å²) in [4.78, 5) is 2.73. The fourth-order valence-corrected chi connectivity index (χ4v) is 4.34. The molecule has 20 heavy (non-hydrogen) atoms. The smallest absolute Gasteiger partial charge is 0.0480 e. The first-order valence-corrected chi connectivity index (χ1v) is 8.15. The summed E-state index contributed by atoms with van der Waals surface area (Å²) in [6.45, 7) is 4.49. The second-order valence-corrected chi connectivity index (χ2v) is 7.25. The van der Waals surface area contributed by atoms with Crippen LogP contribution in [0.4, 0.5) is 0 Å². The van der Waals surface area contributed by atoms with Gasteiger partial charge in [-0.2, -0.15) is 0 Å². The van der Waals surface area contributed by atoms with E-state index >= 15 is 0 Å². The number of hydrogen-bond acceptors (Lipinski definition) is 2. The Bertz CT molecular complexity index is 474. The molecule has 0 aromatic heterocycles. The summed E-state index contributed by atoms with van der Waals surface area (Å²) in [5.41, 5.74) is 2.04. The molecule has 1 aromatic rings. The third-order valence-electron chi connectivity index (χ3n) is 5.30. The minimum atomic E-state index is 0. The summed E-state index contributed by atoms with van der Waals surface area (Å²) in [6.07, 6.45) is 3.85. The van der Waals surface area contributed by atoms with Gasteiger partial charge < -0.3 is 4.74 Å². The first-order valence-electron chi connectivity index (χ1n) is 7.36. The van der Waals surface area contributed by atoms with Crippen LogP contribution in [-0.4, -0.2) is 37.2 Å². The van der Waals surface area contributed by atoms with Gasteiger partial charge in [-0.25, -0.2) is 0 Å². The van der Waals surface area contributed by atoms with Crippen LogP contribution in [0.2, 0.25) is 0 Å². The monoisotopic (exact) mass is 357 g/mol. The number of likely N-dealkylation sites (tertiary alicyclic amines) is 1. The van der Waals surface area contributed by atoms with Gasteiger partial charge in [-0.1, -0.05) is 28.1 Å². The Labute approximate surface area is 135 Å². The Morgan fingerprint density at radius 1 is 1.15 bits per heavy atom. The summed E-state index contributed by atoms with van der Waals surface area (Å²) in [5.74, 6) is 0.900. The Kier molecular flexibility index (Phi) is 4.15. The number of hydrogen-bond donors (Lipinski definition) is 0. The van der Waals surface area contributed by atoms with Gasteiger partial charge in [-0.3, -0.25) is 4.90 Å².